The summed E-state index contributed by atoms with van der Waals surface area (Å²) < 4.78 is 7.17. The third-order valence-corrected chi connectivity index (χ3v) is 8.27. The topological polar surface area (TPSA) is 207 Å². The number of nitrogens with zero attached hydrogens (tertiary/aromatic N) is 1. The first-order chi connectivity index (χ1) is 21.1. The molecule has 0 aliphatic carbocycles. The summed E-state index contributed by atoms with van der Waals surface area (Å²) in [6.07, 6.45) is 7.26. The van der Waals surface area contributed by atoms with E-state index in [1.54, 1.807) is 6.92 Å². The molecule has 0 amide bonds. The number of ether oxygens (including phenoxy) is 1. The fourth-order valence-corrected chi connectivity index (χ4v) is 5.77. The Labute approximate surface area is 258 Å². The fraction of sp³-hybridized carbons (Fsp3) is 0.364. The van der Waals surface area contributed by atoms with E-state index in [-0.39, 0.29) is 34.3 Å². The lowest BCUT2D eigenvalue weighted by Gasteiger charge is -2.40. The largest absolute Gasteiger partial charge is 0.508 e. The number of rotatable bonds is 11. The maximum atomic E-state index is 12.6. The van der Waals surface area contributed by atoms with Gasteiger partial charge in [-0.3, -0.25) is 4.57 Å². The Kier molecular flexibility index (Phi) is 9.19. The molecule has 1 aliphatic rings. The molecule has 0 saturated carbocycles. The summed E-state index contributed by atoms with van der Waals surface area (Å²) in [5, 5.41) is 73.0. The third kappa shape index (κ3) is 6.32. The van der Waals surface area contributed by atoms with Gasteiger partial charge in [-0.05, 0) is 65.5 Å². The van der Waals surface area contributed by atoms with Gasteiger partial charge in [-0.15, -0.1) is 0 Å². The van der Waals surface area contributed by atoms with E-state index in [4.69, 9.17) is 4.74 Å². The molecule has 3 aromatic rings. The molecular weight excluding hydrogens is 586 g/mol. The zero-order valence-electron chi connectivity index (χ0n) is 25.4. The van der Waals surface area contributed by atoms with Crippen LogP contribution < -0.4 is 4.74 Å². The molecule has 0 fully saturated rings. The van der Waals surface area contributed by atoms with Crippen molar-refractivity contribution in [2.75, 3.05) is 0 Å². The van der Waals surface area contributed by atoms with Crippen LogP contribution in [0.4, 0.5) is 0 Å². The molecule has 12 nitrogen and oxygen atoms in total. The quantitative estimate of drug-likeness (QED) is 0.135. The molecule has 7 N–H and O–H groups in total. The first-order valence-corrected chi connectivity index (χ1v) is 14.4. The number of fused-ring (bicyclic) bond motifs is 3. The number of carbonyl (C=O) groups is 3. The Hall–Kier alpha value is -4.97. The number of aromatic hydroxyl groups is 3. The van der Waals surface area contributed by atoms with Crippen molar-refractivity contribution in [2.24, 2.45) is 0 Å². The number of hydrogen-bond acceptors (Lipinski definition) is 8. The lowest BCUT2D eigenvalue weighted by atomic mass is 9.84. The number of aromatic nitrogens is 1. The maximum Gasteiger partial charge on any atom is 0.340 e. The third-order valence-electron chi connectivity index (χ3n) is 8.27. The molecule has 0 spiro atoms. The van der Waals surface area contributed by atoms with Crippen LogP contribution in [0, 0.1) is 0 Å². The molecule has 2 heterocycles. The van der Waals surface area contributed by atoms with Crippen LogP contribution in [0.5, 0.6) is 23.1 Å². The predicted molar refractivity (Wildman–Crippen MR) is 163 cm³/mol. The van der Waals surface area contributed by atoms with Gasteiger partial charge >= 0.3 is 17.9 Å². The van der Waals surface area contributed by atoms with Crippen LogP contribution in [0.1, 0.15) is 91.3 Å². The first-order valence-electron chi connectivity index (χ1n) is 14.4. The van der Waals surface area contributed by atoms with E-state index in [1.807, 2.05) is 20.8 Å². The van der Waals surface area contributed by atoms with Crippen molar-refractivity contribution >= 4 is 28.7 Å². The minimum atomic E-state index is -1.96. The van der Waals surface area contributed by atoms with Gasteiger partial charge in [-0.25, -0.2) is 14.4 Å². The Bertz CT molecular complexity index is 1750. The zero-order valence-corrected chi connectivity index (χ0v) is 25.4. The molecule has 12 heteroatoms. The van der Waals surface area contributed by atoms with Crippen LogP contribution in [0.2, 0.25) is 0 Å². The van der Waals surface area contributed by atoms with Gasteiger partial charge in [0, 0.05) is 29.1 Å². The van der Waals surface area contributed by atoms with Gasteiger partial charge in [0.25, 0.3) is 0 Å². The molecule has 45 heavy (non-hydrogen) atoms. The fourth-order valence-electron chi connectivity index (χ4n) is 5.77. The van der Waals surface area contributed by atoms with Gasteiger partial charge in [0.15, 0.2) is 11.9 Å². The molecule has 0 bridgehead atoms. The summed E-state index contributed by atoms with van der Waals surface area (Å²) in [4.78, 5) is 36.5. The molecule has 240 valence electrons. The Morgan fingerprint density at radius 2 is 1.64 bits per heavy atom. The molecule has 3 atom stereocenters. The van der Waals surface area contributed by atoms with Crippen molar-refractivity contribution in [1.29, 1.82) is 0 Å². The Morgan fingerprint density at radius 3 is 2.24 bits per heavy atom. The van der Waals surface area contributed by atoms with Crippen LogP contribution in [0.3, 0.4) is 0 Å². The van der Waals surface area contributed by atoms with Gasteiger partial charge in [-0.2, -0.15) is 0 Å². The highest BCUT2D eigenvalue weighted by molar-refractivity contribution is 6.06. The van der Waals surface area contributed by atoms with Crippen LogP contribution in [-0.2, 0) is 11.2 Å². The molecule has 4 rings (SSSR count). The number of hydrogen-bond donors (Lipinski definition) is 7. The van der Waals surface area contributed by atoms with Crippen LogP contribution in [0.25, 0.3) is 10.8 Å². The first kappa shape index (κ1) is 32.9. The standard InChI is InChI=1S/C33H37NO11/c1-16(2)7-5-8-17(3)9-6-12-33(4)24(37)14-20-23(36)13-19-21(28(20)45-33)15-34(29(19)38)27(32(43)44)18-10-11-22(35)26(31(41)42)25(18)30(39)40/h7,9-11,13,15,24,27,35-38H,5-6,8,12,14H2,1-4H3,(H,39,40)(H,41,42)(H,43,44). The number of aliphatic carboxylic acids is 1. The van der Waals surface area contributed by atoms with Crippen molar-refractivity contribution in [1.82, 2.24) is 4.57 Å². The Balaban J connectivity index is 1.79. The minimum absolute atomic E-state index is 0.00821. The number of carboxylic acid groups (broad SMARTS) is 3. The Morgan fingerprint density at radius 1 is 0.978 bits per heavy atom. The van der Waals surface area contributed by atoms with Crippen LogP contribution >= 0.6 is 0 Å². The molecule has 3 unspecified atom stereocenters. The molecule has 0 radical (unpaired) electrons. The molecular formula is C33H37NO11. The number of phenolic OH excluding ortho intramolecular Hbond substituents is 1. The van der Waals surface area contributed by atoms with E-state index < -0.39 is 64.0 Å². The monoisotopic (exact) mass is 623 g/mol. The van der Waals surface area contributed by atoms with Crippen molar-refractivity contribution in [3.8, 4) is 23.1 Å². The molecule has 2 aromatic carbocycles. The summed E-state index contributed by atoms with van der Waals surface area (Å²) in [7, 11) is 0. The van der Waals surface area contributed by atoms with Gasteiger partial charge in [0.05, 0.1) is 17.1 Å². The number of phenols is 2. The maximum absolute atomic E-state index is 12.6. The van der Waals surface area contributed by atoms with E-state index in [0.717, 1.165) is 29.5 Å². The van der Waals surface area contributed by atoms with Crippen molar-refractivity contribution < 1.29 is 54.9 Å². The summed E-state index contributed by atoms with van der Waals surface area (Å²) >= 11 is 0. The summed E-state index contributed by atoms with van der Waals surface area (Å²) in [5.41, 5.74) is -0.935. The zero-order chi connectivity index (χ0) is 33.4. The SMILES string of the molecule is CC(C)=CCCC(C)=CCCC1(C)Oc2c(c(O)cc3c(O)n(C(C(=O)O)c4ccc(O)c(C(=O)O)c4C(=O)O)cc23)CC1O. The number of benzene rings is 2. The van der Waals surface area contributed by atoms with E-state index in [1.165, 1.54) is 23.4 Å². The van der Waals surface area contributed by atoms with Crippen molar-refractivity contribution in [2.45, 2.75) is 77.5 Å². The summed E-state index contributed by atoms with van der Waals surface area (Å²) in [5.74, 6) is -6.96. The van der Waals surface area contributed by atoms with Crippen LogP contribution in [0.15, 0.2) is 47.7 Å². The summed E-state index contributed by atoms with van der Waals surface area (Å²) in [6, 6.07) is 1.05. The van der Waals surface area contributed by atoms with Gasteiger partial charge < -0.3 is 40.5 Å². The normalized spacial score (nSPS) is 18.6. The highest BCUT2D eigenvalue weighted by Gasteiger charge is 2.42. The number of aliphatic hydroxyl groups is 1. The molecule has 1 aliphatic heterocycles. The second-order valence-corrected chi connectivity index (χ2v) is 11.8. The van der Waals surface area contributed by atoms with Gasteiger partial charge in [0.2, 0.25) is 0 Å². The minimum Gasteiger partial charge on any atom is -0.508 e. The van der Waals surface area contributed by atoms with Crippen molar-refractivity contribution in [3.05, 3.63) is 69.9 Å². The average Bonchev–Trinajstić information content (AvgIpc) is 3.25. The average molecular weight is 624 g/mol. The van der Waals surface area contributed by atoms with E-state index in [0.29, 0.717) is 12.8 Å². The summed E-state index contributed by atoms with van der Waals surface area (Å²) in [6.45, 7) is 7.84. The van der Waals surface area contributed by atoms with E-state index >= 15 is 0 Å². The number of aromatic carboxylic acids is 2. The van der Waals surface area contributed by atoms with Crippen LogP contribution in [-0.4, -0.2) is 69.9 Å². The van der Waals surface area contributed by atoms with Crippen molar-refractivity contribution in [3.63, 3.8) is 0 Å². The highest BCUT2D eigenvalue weighted by Crippen LogP contribution is 2.48. The lowest BCUT2D eigenvalue weighted by molar-refractivity contribution is -0.139. The second-order valence-electron chi connectivity index (χ2n) is 11.8. The number of aliphatic hydroxyl groups excluding tert-OH is 1. The highest BCUT2D eigenvalue weighted by atomic mass is 16.5. The number of carboxylic acids is 3. The predicted octanol–water partition coefficient (Wildman–Crippen LogP) is 5.36. The smallest absolute Gasteiger partial charge is 0.340 e. The van der Waals surface area contributed by atoms with E-state index in [9.17, 15) is 50.1 Å². The number of allylic oxidation sites excluding steroid dienone is 4. The van der Waals surface area contributed by atoms with E-state index in [2.05, 4.69) is 12.2 Å². The van der Waals surface area contributed by atoms with Gasteiger partial charge in [-0.1, -0.05) is 29.4 Å². The lowest BCUT2D eigenvalue weighted by Crippen LogP contribution is -2.48. The molecule has 0 saturated heterocycles. The molecule has 1 aromatic heterocycles. The van der Waals surface area contributed by atoms with Gasteiger partial charge in [0.1, 0.15) is 28.4 Å². The second kappa shape index (κ2) is 12.6.